The lowest BCUT2D eigenvalue weighted by molar-refractivity contribution is -0.0108. The molecule has 0 N–H and O–H groups in total. The van der Waals surface area contributed by atoms with E-state index in [9.17, 15) is 18.0 Å². The van der Waals surface area contributed by atoms with E-state index in [4.69, 9.17) is 0 Å². The Morgan fingerprint density at radius 3 is 2.75 bits per heavy atom. The summed E-state index contributed by atoms with van der Waals surface area (Å²) in [5.41, 5.74) is 1.52. The number of carbonyl (C=O) groups excluding carboxylic acids is 1. The van der Waals surface area contributed by atoms with Crippen LogP contribution in [-0.2, 0) is 6.42 Å². The van der Waals surface area contributed by atoms with Crippen molar-refractivity contribution in [3.63, 3.8) is 0 Å². The van der Waals surface area contributed by atoms with E-state index in [0.29, 0.717) is 17.2 Å². The van der Waals surface area contributed by atoms with E-state index in [0.717, 1.165) is 17.9 Å². The molecule has 0 aliphatic carbocycles. The molecule has 0 unspecified atom stereocenters. The number of benzene rings is 1. The standard InChI is InChI=1S/C18H17BrF3N5O/c1-11-7-13(27-17(25-11)23-10-24-27)5-6-26(9-18(2,21)22)16(28)12-3-4-15(20)14(19)8-12/h3-4,7-8,10H,5-6,9H2,1-2H3. The monoisotopic (exact) mass is 455 g/mol. The molecule has 1 amide bonds. The third-order valence-corrected chi connectivity index (χ3v) is 4.62. The van der Waals surface area contributed by atoms with E-state index < -0.39 is 24.2 Å². The maximum Gasteiger partial charge on any atom is 0.262 e. The maximum atomic E-state index is 13.7. The van der Waals surface area contributed by atoms with E-state index in [2.05, 4.69) is 31.0 Å². The van der Waals surface area contributed by atoms with Gasteiger partial charge >= 0.3 is 0 Å². The summed E-state index contributed by atoms with van der Waals surface area (Å²) in [5.74, 6) is -3.83. The van der Waals surface area contributed by atoms with Crippen LogP contribution in [0.3, 0.4) is 0 Å². The van der Waals surface area contributed by atoms with E-state index in [1.165, 1.54) is 23.0 Å². The Morgan fingerprint density at radius 1 is 1.32 bits per heavy atom. The highest BCUT2D eigenvalue weighted by Gasteiger charge is 2.29. The number of hydrogen-bond acceptors (Lipinski definition) is 4. The summed E-state index contributed by atoms with van der Waals surface area (Å²) in [4.78, 5) is 22.1. The highest BCUT2D eigenvalue weighted by Crippen LogP contribution is 2.21. The van der Waals surface area contributed by atoms with Crippen molar-refractivity contribution in [2.45, 2.75) is 26.2 Å². The van der Waals surface area contributed by atoms with Gasteiger partial charge in [-0.25, -0.2) is 22.7 Å². The lowest BCUT2D eigenvalue weighted by Crippen LogP contribution is -2.41. The zero-order valence-corrected chi connectivity index (χ0v) is 16.8. The number of aromatic nitrogens is 4. The van der Waals surface area contributed by atoms with Gasteiger partial charge in [0, 0.05) is 36.8 Å². The van der Waals surface area contributed by atoms with Gasteiger partial charge in [-0.2, -0.15) is 10.1 Å². The molecule has 10 heteroatoms. The van der Waals surface area contributed by atoms with Gasteiger partial charge in [-0.1, -0.05) is 0 Å². The predicted octanol–water partition coefficient (Wildman–Crippen LogP) is 3.67. The first-order chi connectivity index (χ1) is 13.1. The van der Waals surface area contributed by atoms with Crippen LogP contribution in [0.2, 0.25) is 0 Å². The third-order valence-electron chi connectivity index (χ3n) is 4.01. The quantitative estimate of drug-likeness (QED) is 0.568. The van der Waals surface area contributed by atoms with Crippen LogP contribution in [0, 0.1) is 12.7 Å². The van der Waals surface area contributed by atoms with Gasteiger partial charge in [0.15, 0.2) is 0 Å². The van der Waals surface area contributed by atoms with Crippen LogP contribution in [0.25, 0.3) is 5.78 Å². The fraction of sp³-hybridized carbons (Fsp3) is 0.333. The summed E-state index contributed by atoms with van der Waals surface area (Å²) >= 11 is 3.01. The zero-order chi connectivity index (χ0) is 20.5. The van der Waals surface area contributed by atoms with Crippen molar-refractivity contribution in [2.24, 2.45) is 0 Å². The van der Waals surface area contributed by atoms with Crippen LogP contribution >= 0.6 is 15.9 Å². The minimum atomic E-state index is -3.08. The Hall–Kier alpha value is -2.49. The van der Waals surface area contributed by atoms with Crippen molar-refractivity contribution < 1.29 is 18.0 Å². The van der Waals surface area contributed by atoms with Gasteiger partial charge in [-0.05, 0) is 47.1 Å². The number of halogens is 4. The topological polar surface area (TPSA) is 63.4 Å². The molecule has 1 aromatic carbocycles. The normalized spacial score (nSPS) is 11.8. The molecule has 0 bridgehead atoms. The SMILES string of the molecule is Cc1cc(CCN(CC(C)(F)F)C(=O)c2ccc(F)c(Br)c2)n2ncnc2n1. The van der Waals surface area contributed by atoms with Gasteiger partial charge in [-0.3, -0.25) is 4.79 Å². The van der Waals surface area contributed by atoms with Gasteiger partial charge in [0.05, 0.1) is 11.0 Å². The molecule has 28 heavy (non-hydrogen) atoms. The Morgan fingerprint density at radius 2 is 2.07 bits per heavy atom. The molecule has 0 aliphatic rings. The lowest BCUT2D eigenvalue weighted by atomic mass is 10.1. The second-order valence-corrected chi connectivity index (χ2v) is 7.39. The van der Waals surface area contributed by atoms with Crippen LogP contribution in [-0.4, -0.2) is 49.4 Å². The van der Waals surface area contributed by atoms with Gasteiger partial charge in [0.2, 0.25) is 0 Å². The lowest BCUT2D eigenvalue weighted by Gasteiger charge is -2.26. The Bertz CT molecular complexity index is 1020. The number of amides is 1. The van der Waals surface area contributed by atoms with Crippen molar-refractivity contribution in [1.29, 1.82) is 0 Å². The number of alkyl halides is 2. The Balaban J connectivity index is 1.86. The summed E-state index contributed by atoms with van der Waals surface area (Å²) in [7, 11) is 0. The number of nitrogens with zero attached hydrogens (tertiary/aromatic N) is 5. The molecular formula is C18H17BrF3N5O. The summed E-state index contributed by atoms with van der Waals surface area (Å²) in [5, 5.41) is 4.08. The highest BCUT2D eigenvalue weighted by molar-refractivity contribution is 9.10. The van der Waals surface area contributed by atoms with Gasteiger partial charge in [0.25, 0.3) is 17.6 Å². The Labute approximate surface area is 167 Å². The molecule has 0 radical (unpaired) electrons. The minimum absolute atomic E-state index is 0.0235. The van der Waals surface area contributed by atoms with E-state index in [1.807, 2.05) is 0 Å². The van der Waals surface area contributed by atoms with Crippen molar-refractivity contribution in [3.8, 4) is 0 Å². The van der Waals surface area contributed by atoms with E-state index >= 15 is 0 Å². The second-order valence-electron chi connectivity index (χ2n) is 6.54. The van der Waals surface area contributed by atoms with Crippen LogP contribution in [0.4, 0.5) is 13.2 Å². The molecule has 0 atom stereocenters. The predicted molar refractivity (Wildman–Crippen MR) is 99.8 cm³/mol. The number of fused-ring (bicyclic) bond motifs is 1. The van der Waals surface area contributed by atoms with Crippen LogP contribution < -0.4 is 0 Å². The number of aryl methyl sites for hydroxylation is 1. The fourth-order valence-corrected chi connectivity index (χ4v) is 3.21. The van der Waals surface area contributed by atoms with Crippen molar-refractivity contribution in [2.75, 3.05) is 13.1 Å². The molecule has 3 rings (SSSR count). The van der Waals surface area contributed by atoms with Crippen LogP contribution in [0.15, 0.2) is 35.1 Å². The molecule has 2 aromatic heterocycles. The second kappa shape index (κ2) is 7.86. The summed E-state index contributed by atoms with van der Waals surface area (Å²) < 4.78 is 42.4. The molecule has 6 nitrogen and oxygen atoms in total. The highest BCUT2D eigenvalue weighted by atomic mass is 79.9. The number of rotatable bonds is 6. The summed E-state index contributed by atoms with van der Waals surface area (Å²) in [6.45, 7) is 1.80. The zero-order valence-electron chi connectivity index (χ0n) is 15.2. The molecular weight excluding hydrogens is 439 g/mol. The first kappa shape index (κ1) is 20.2. The maximum absolute atomic E-state index is 13.7. The molecule has 0 spiro atoms. The molecule has 0 aliphatic heterocycles. The molecule has 3 aromatic rings. The van der Waals surface area contributed by atoms with Gasteiger partial charge < -0.3 is 4.90 Å². The number of hydrogen-bond donors (Lipinski definition) is 0. The smallest absolute Gasteiger partial charge is 0.262 e. The number of carbonyl (C=O) groups is 1. The summed E-state index contributed by atoms with van der Waals surface area (Å²) in [6.07, 6.45) is 1.62. The minimum Gasteiger partial charge on any atom is -0.332 e. The molecule has 2 heterocycles. The van der Waals surface area contributed by atoms with Crippen molar-refractivity contribution >= 4 is 27.6 Å². The molecule has 0 saturated heterocycles. The van der Waals surface area contributed by atoms with Crippen molar-refractivity contribution in [3.05, 3.63) is 57.8 Å². The van der Waals surface area contributed by atoms with Gasteiger partial charge in [-0.15, -0.1) is 0 Å². The largest absolute Gasteiger partial charge is 0.332 e. The summed E-state index contributed by atoms with van der Waals surface area (Å²) in [6, 6.07) is 5.44. The fourth-order valence-electron chi connectivity index (χ4n) is 2.83. The molecule has 0 fully saturated rings. The Kier molecular flexibility index (Phi) is 5.69. The molecule has 148 valence electrons. The van der Waals surface area contributed by atoms with Gasteiger partial charge in [0.1, 0.15) is 12.1 Å². The van der Waals surface area contributed by atoms with Crippen LogP contribution in [0.1, 0.15) is 28.7 Å². The van der Waals surface area contributed by atoms with Crippen LogP contribution in [0.5, 0.6) is 0 Å². The first-order valence-electron chi connectivity index (χ1n) is 8.42. The van der Waals surface area contributed by atoms with Crippen molar-refractivity contribution in [1.82, 2.24) is 24.5 Å². The first-order valence-corrected chi connectivity index (χ1v) is 9.22. The third kappa shape index (κ3) is 4.67. The average molecular weight is 456 g/mol. The molecule has 0 saturated carbocycles. The van der Waals surface area contributed by atoms with E-state index in [1.54, 1.807) is 13.0 Å². The van der Waals surface area contributed by atoms with E-state index in [-0.39, 0.29) is 23.0 Å². The average Bonchev–Trinajstić information content (AvgIpc) is 3.07.